The van der Waals surface area contributed by atoms with Crippen LogP contribution in [0.25, 0.3) is 0 Å². The molecule has 3 nitrogen and oxygen atoms in total. The normalized spacial score (nSPS) is 41.7. The van der Waals surface area contributed by atoms with Crippen molar-refractivity contribution in [3.8, 4) is 6.07 Å². The molecule has 0 unspecified atom stereocenters. The van der Waals surface area contributed by atoms with Crippen LogP contribution >= 0.6 is 15.9 Å². The van der Waals surface area contributed by atoms with E-state index in [9.17, 15) is 10.1 Å². The maximum Gasteiger partial charge on any atom is 0.256 e. The fourth-order valence-electron chi connectivity index (χ4n) is 5.54. The van der Waals surface area contributed by atoms with Crippen molar-refractivity contribution in [1.82, 2.24) is 4.90 Å². The Labute approximate surface area is 139 Å². The molecule has 114 valence electrons. The Hall–Kier alpha value is -1.34. The quantitative estimate of drug-likeness (QED) is 0.761. The van der Waals surface area contributed by atoms with Gasteiger partial charge in [0.25, 0.3) is 5.91 Å². The van der Waals surface area contributed by atoms with Gasteiger partial charge in [-0.05, 0) is 58.7 Å². The van der Waals surface area contributed by atoms with Gasteiger partial charge in [-0.2, -0.15) is 5.26 Å². The maximum absolute atomic E-state index is 13.1. The fourth-order valence-corrected chi connectivity index (χ4v) is 5.99. The number of rotatable bonds is 1. The van der Waals surface area contributed by atoms with Gasteiger partial charge in [0.2, 0.25) is 0 Å². The first-order valence-electron chi connectivity index (χ1n) is 7.87. The van der Waals surface area contributed by atoms with Crippen LogP contribution in [0.15, 0.2) is 28.7 Å². The van der Waals surface area contributed by atoms with E-state index in [1.165, 1.54) is 6.42 Å². The lowest BCUT2D eigenvalue weighted by atomic mass is 9.66. The Morgan fingerprint density at radius 1 is 1.41 bits per heavy atom. The first-order chi connectivity index (χ1) is 10.4. The Morgan fingerprint density at radius 3 is 2.77 bits per heavy atom. The van der Waals surface area contributed by atoms with Gasteiger partial charge in [-0.3, -0.25) is 4.79 Å². The summed E-state index contributed by atoms with van der Waals surface area (Å²) in [4.78, 5) is 15.0. The Kier molecular flexibility index (Phi) is 2.68. The molecule has 0 aromatic heterocycles. The summed E-state index contributed by atoms with van der Waals surface area (Å²) < 4.78 is 0.802. The molecule has 1 aliphatic heterocycles. The molecule has 1 aromatic carbocycles. The molecule has 4 atom stereocenters. The van der Waals surface area contributed by atoms with E-state index in [2.05, 4.69) is 35.8 Å². The molecule has 2 saturated carbocycles. The van der Waals surface area contributed by atoms with Gasteiger partial charge in [-0.1, -0.05) is 26.0 Å². The van der Waals surface area contributed by atoms with Gasteiger partial charge < -0.3 is 4.90 Å². The van der Waals surface area contributed by atoms with Crippen molar-refractivity contribution < 1.29 is 4.79 Å². The number of halogens is 1. The second-order valence-electron chi connectivity index (χ2n) is 7.53. The molecule has 1 saturated heterocycles. The second-order valence-corrected chi connectivity index (χ2v) is 8.39. The number of likely N-dealkylation sites (tertiary alicyclic amines) is 1. The van der Waals surface area contributed by atoms with E-state index in [1.54, 1.807) is 0 Å². The molecule has 0 radical (unpaired) electrons. The number of amides is 1. The zero-order chi connectivity index (χ0) is 15.8. The van der Waals surface area contributed by atoms with Crippen LogP contribution in [0.2, 0.25) is 0 Å². The van der Waals surface area contributed by atoms with E-state index in [1.807, 2.05) is 29.2 Å². The average Bonchev–Trinajstić information content (AvgIpc) is 2.96. The molecule has 1 amide bonds. The smallest absolute Gasteiger partial charge is 0.256 e. The molecule has 1 aromatic rings. The number of carbonyl (C=O) groups excluding carboxylic acids is 1. The molecule has 2 aliphatic carbocycles. The summed E-state index contributed by atoms with van der Waals surface area (Å²) in [5.74, 6) is 0.574. The minimum absolute atomic E-state index is 0.00988. The summed E-state index contributed by atoms with van der Waals surface area (Å²) in [5, 5.41) is 10.0. The number of benzene rings is 1. The van der Waals surface area contributed by atoms with Crippen molar-refractivity contribution in [1.29, 1.82) is 5.26 Å². The van der Waals surface area contributed by atoms with E-state index in [4.69, 9.17) is 0 Å². The topological polar surface area (TPSA) is 44.1 Å². The van der Waals surface area contributed by atoms with Crippen LogP contribution in [-0.4, -0.2) is 22.9 Å². The monoisotopic (exact) mass is 358 g/mol. The zero-order valence-corrected chi connectivity index (χ0v) is 14.5. The summed E-state index contributed by atoms with van der Waals surface area (Å²) in [7, 11) is 0. The van der Waals surface area contributed by atoms with Crippen LogP contribution in [-0.2, 0) is 0 Å². The molecule has 3 aliphatic rings. The third-order valence-corrected chi connectivity index (χ3v) is 7.78. The molecule has 1 heterocycles. The number of carbonyl (C=O) groups is 1. The van der Waals surface area contributed by atoms with Crippen molar-refractivity contribution in [2.24, 2.45) is 16.7 Å². The molecule has 22 heavy (non-hydrogen) atoms. The summed E-state index contributed by atoms with van der Waals surface area (Å²) in [6, 6.07) is 10.1. The van der Waals surface area contributed by atoms with Crippen LogP contribution in [0.3, 0.4) is 0 Å². The number of hydrogen-bond donors (Lipinski definition) is 0. The highest BCUT2D eigenvalue weighted by atomic mass is 79.9. The molecule has 0 N–H and O–H groups in total. The summed E-state index contributed by atoms with van der Waals surface area (Å²) in [6.45, 7) is 5.23. The highest BCUT2D eigenvalue weighted by Crippen LogP contribution is 2.75. The standard InChI is InChI=1S/C18H19BrN2O/c1-16-11-21(15(22)13-5-3-4-6-14(13)19)18(10-20)9-12(16)7-8-17(16,18)2/h3-6,12H,7-9,11H2,1-2H3/t12-,16+,17-,18+/m1/s1. The highest BCUT2D eigenvalue weighted by Gasteiger charge is 2.78. The van der Waals surface area contributed by atoms with Crippen molar-refractivity contribution in [2.75, 3.05) is 6.54 Å². The lowest BCUT2D eigenvalue weighted by molar-refractivity contribution is 0.0429. The van der Waals surface area contributed by atoms with Crippen molar-refractivity contribution in [3.63, 3.8) is 0 Å². The number of nitriles is 1. The van der Waals surface area contributed by atoms with Crippen LogP contribution in [0.5, 0.6) is 0 Å². The fraction of sp³-hybridized carbons (Fsp3) is 0.556. The second kappa shape index (κ2) is 4.14. The summed E-state index contributed by atoms with van der Waals surface area (Å²) in [6.07, 6.45) is 3.10. The molecule has 3 fully saturated rings. The SMILES string of the molecule is C[C@]12CC[C@@H]3C[C@@]1(C#N)N(C(=O)c1ccccc1Br)C[C@@]32C. The minimum atomic E-state index is -0.628. The van der Waals surface area contributed by atoms with Crippen LogP contribution in [0, 0.1) is 28.1 Å². The average molecular weight is 359 g/mol. The number of hydrogen-bond acceptors (Lipinski definition) is 2. The van der Waals surface area contributed by atoms with E-state index in [0.29, 0.717) is 18.0 Å². The first kappa shape index (κ1) is 14.3. The van der Waals surface area contributed by atoms with Gasteiger partial charge in [-0.25, -0.2) is 0 Å². The van der Waals surface area contributed by atoms with Crippen molar-refractivity contribution in [3.05, 3.63) is 34.3 Å². The highest BCUT2D eigenvalue weighted by molar-refractivity contribution is 9.10. The molecule has 4 bridgehead atoms. The predicted octanol–water partition coefficient (Wildman–Crippen LogP) is 3.99. The van der Waals surface area contributed by atoms with Crippen LogP contribution in [0.1, 0.15) is 43.5 Å². The lowest BCUT2D eigenvalue weighted by Gasteiger charge is -2.43. The Bertz CT molecular complexity index is 726. The van der Waals surface area contributed by atoms with E-state index in [0.717, 1.165) is 17.3 Å². The third kappa shape index (κ3) is 1.31. The van der Waals surface area contributed by atoms with Gasteiger partial charge in [0.05, 0.1) is 11.6 Å². The predicted molar refractivity (Wildman–Crippen MR) is 87.1 cm³/mol. The Morgan fingerprint density at radius 2 is 2.14 bits per heavy atom. The van der Waals surface area contributed by atoms with Gasteiger partial charge in [-0.15, -0.1) is 0 Å². The van der Waals surface area contributed by atoms with Crippen molar-refractivity contribution >= 4 is 21.8 Å². The lowest BCUT2D eigenvalue weighted by Crippen LogP contribution is -2.54. The van der Waals surface area contributed by atoms with E-state index in [-0.39, 0.29) is 16.7 Å². The molecule has 0 spiro atoms. The van der Waals surface area contributed by atoms with E-state index >= 15 is 0 Å². The van der Waals surface area contributed by atoms with Crippen LogP contribution in [0.4, 0.5) is 0 Å². The molecule has 4 rings (SSSR count). The largest absolute Gasteiger partial charge is 0.319 e. The van der Waals surface area contributed by atoms with Gasteiger partial charge in [0.1, 0.15) is 5.54 Å². The third-order valence-electron chi connectivity index (χ3n) is 7.09. The molecular weight excluding hydrogens is 340 g/mol. The van der Waals surface area contributed by atoms with Crippen LogP contribution < -0.4 is 0 Å². The molecular formula is C18H19BrN2O. The Balaban J connectivity index is 1.82. The maximum atomic E-state index is 13.1. The number of nitrogens with zero attached hydrogens (tertiary/aromatic N) is 2. The van der Waals surface area contributed by atoms with Crippen molar-refractivity contribution in [2.45, 2.75) is 38.6 Å². The molecule has 4 heteroatoms. The zero-order valence-electron chi connectivity index (χ0n) is 12.9. The minimum Gasteiger partial charge on any atom is -0.319 e. The van der Waals surface area contributed by atoms with E-state index < -0.39 is 5.54 Å². The summed E-state index contributed by atoms with van der Waals surface area (Å²) >= 11 is 3.47. The van der Waals surface area contributed by atoms with Gasteiger partial charge in [0, 0.05) is 16.4 Å². The summed E-state index contributed by atoms with van der Waals surface area (Å²) in [5.41, 5.74) is 0.0419. The van der Waals surface area contributed by atoms with Gasteiger partial charge >= 0.3 is 0 Å². The first-order valence-corrected chi connectivity index (χ1v) is 8.67. The van der Waals surface area contributed by atoms with Gasteiger partial charge in [0.15, 0.2) is 0 Å². The number of piperidine rings is 1.